The van der Waals surface area contributed by atoms with Crippen molar-refractivity contribution in [1.29, 1.82) is 0 Å². The summed E-state index contributed by atoms with van der Waals surface area (Å²) in [4.78, 5) is 11.1. The summed E-state index contributed by atoms with van der Waals surface area (Å²) in [6.45, 7) is 5.02. The van der Waals surface area contributed by atoms with Crippen LogP contribution in [0.1, 0.15) is 20.3 Å². The molecule has 1 amide bonds. The van der Waals surface area contributed by atoms with Gasteiger partial charge in [-0.05, 0) is 13.3 Å². The highest BCUT2D eigenvalue weighted by molar-refractivity contribution is 7.55. The van der Waals surface area contributed by atoms with Crippen LogP contribution in [0.15, 0.2) is 0 Å². The molecule has 2 atom stereocenters. The monoisotopic (exact) mass is 262 g/mol. The highest BCUT2D eigenvalue weighted by atomic mass is 31.2. The van der Waals surface area contributed by atoms with Crippen LogP contribution in [0.3, 0.4) is 0 Å². The summed E-state index contributed by atoms with van der Waals surface area (Å²) < 4.78 is 23.4. The summed E-state index contributed by atoms with van der Waals surface area (Å²) >= 11 is 0. The summed E-state index contributed by atoms with van der Waals surface area (Å²) in [7, 11) is -3.21. The summed E-state index contributed by atoms with van der Waals surface area (Å²) in [6, 6.07) is 0. The van der Waals surface area contributed by atoms with Gasteiger partial charge in [0.1, 0.15) is 5.28 Å². The molecule has 3 N–H and O–H groups in total. The van der Waals surface area contributed by atoms with Gasteiger partial charge in [0.15, 0.2) is 0 Å². The van der Waals surface area contributed by atoms with E-state index in [1.54, 1.807) is 6.92 Å². The molecule has 0 spiro atoms. The minimum absolute atomic E-state index is 0.244. The first-order valence-electron chi connectivity index (χ1n) is 5.80. The number of nitrogens with two attached hydrogens (primary N) is 1. The van der Waals surface area contributed by atoms with E-state index in [-0.39, 0.29) is 17.7 Å². The van der Waals surface area contributed by atoms with Crippen LogP contribution < -0.4 is 11.1 Å². The standard InChI is InChI=1S/C10H19N2O4P/c1-7-5-15-17(14,16-6-7)10(2)3-8(4-12-10)9(11)13/h7-8,12H,3-6H2,1-2H3,(H2,11,13). The fraction of sp³-hybridized carbons (Fsp3) is 0.900. The highest BCUT2D eigenvalue weighted by Crippen LogP contribution is 2.63. The molecule has 7 heteroatoms. The van der Waals surface area contributed by atoms with Gasteiger partial charge in [-0.1, -0.05) is 6.92 Å². The smallest absolute Gasteiger partial charge is 0.350 e. The first-order chi connectivity index (χ1) is 7.86. The van der Waals surface area contributed by atoms with Gasteiger partial charge in [-0.25, -0.2) is 0 Å². The van der Waals surface area contributed by atoms with E-state index in [1.807, 2.05) is 6.92 Å². The average Bonchev–Trinajstić information content (AvgIpc) is 2.68. The van der Waals surface area contributed by atoms with E-state index in [1.165, 1.54) is 0 Å². The lowest BCUT2D eigenvalue weighted by Gasteiger charge is -2.37. The average molecular weight is 262 g/mol. The zero-order valence-corrected chi connectivity index (χ0v) is 11.0. The van der Waals surface area contributed by atoms with Crippen molar-refractivity contribution in [3.63, 3.8) is 0 Å². The lowest BCUT2D eigenvalue weighted by atomic mass is 10.1. The molecule has 2 saturated heterocycles. The third-order valence-electron chi connectivity index (χ3n) is 3.44. The van der Waals surface area contributed by atoms with E-state index in [4.69, 9.17) is 14.8 Å². The minimum atomic E-state index is -3.21. The molecule has 2 heterocycles. The van der Waals surface area contributed by atoms with Crippen molar-refractivity contribution in [2.75, 3.05) is 19.8 Å². The van der Waals surface area contributed by atoms with E-state index < -0.39 is 12.9 Å². The molecule has 2 unspecified atom stereocenters. The summed E-state index contributed by atoms with van der Waals surface area (Å²) in [6.07, 6.45) is 0.397. The first kappa shape index (κ1) is 13.0. The molecule has 2 aliphatic heterocycles. The van der Waals surface area contributed by atoms with Crippen LogP contribution in [0, 0.1) is 11.8 Å². The fourth-order valence-corrected chi connectivity index (χ4v) is 4.47. The van der Waals surface area contributed by atoms with Gasteiger partial charge in [0.2, 0.25) is 5.91 Å². The summed E-state index contributed by atoms with van der Waals surface area (Å²) in [5.74, 6) is -0.440. The lowest BCUT2D eigenvalue weighted by molar-refractivity contribution is -0.121. The second kappa shape index (κ2) is 4.35. The molecule has 0 radical (unpaired) electrons. The third-order valence-corrected chi connectivity index (χ3v) is 5.97. The van der Waals surface area contributed by atoms with Crippen molar-refractivity contribution < 1.29 is 18.4 Å². The number of carbonyl (C=O) groups excluding carboxylic acids is 1. The van der Waals surface area contributed by atoms with Crippen LogP contribution >= 0.6 is 7.60 Å². The Bertz CT molecular complexity index is 363. The van der Waals surface area contributed by atoms with E-state index in [0.717, 1.165) is 0 Å². The largest absolute Gasteiger partial charge is 0.369 e. The zero-order valence-electron chi connectivity index (χ0n) is 10.1. The number of rotatable bonds is 2. The molecule has 0 bridgehead atoms. The number of primary amides is 1. The molecule has 2 aliphatic rings. The van der Waals surface area contributed by atoms with Gasteiger partial charge in [0.25, 0.3) is 0 Å². The van der Waals surface area contributed by atoms with Crippen molar-refractivity contribution in [3.8, 4) is 0 Å². The van der Waals surface area contributed by atoms with E-state index in [9.17, 15) is 9.36 Å². The minimum Gasteiger partial charge on any atom is -0.369 e. The Labute approximate surface area is 101 Å². The molecule has 17 heavy (non-hydrogen) atoms. The van der Waals surface area contributed by atoms with Crippen molar-refractivity contribution in [3.05, 3.63) is 0 Å². The van der Waals surface area contributed by atoms with Crippen LogP contribution in [0.2, 0.25) is 0 Å². The van der Waals surface area contributed by atoms with Gasteiger partial charge in [0, 0.05) is 12.5 Å². The molecule has 0 aromatic heterocycles. The maximum atomic E-state index is 12.6. The van der Waals surface area contributed by atoms with Crippen LogP contribution in [-0.4, -0.2) is 30.9 Å². The fourth-order valence-electron chi connectivity index (χ4n) is 2.20. The SMILES string of the molecule is CC1COP(=O)(C2(C)CC(C(N)=O)CN2)OC1. The van der Waals surface area contributed by atoms with Crippen LogP contribution in [0.4, 0.5) is 0 Å². The molecule has 0 saturated carbocycles. The summed E-state index contributed by atoms with van der Waals surface area (Å²) in [5.41, 5.74) is 5.26. The maximum Gasteiger partial charge on any atom is 0.350 e. The van der Waals surface area contributed by atoms with Crippen molar-refractivity contribution in [1.82, 2.24) is 5.32 Å². The van der Waals surface area contributed by atoms with Gasteiger partial charge >= 0.3 is 7.60 Å². The topological polar surface area (TPSA) is 90.7 Å². The van der Waals surface area contributed by atoms with Crippen molar-refractivity contribution >= 4 is 13.5 Å². The number of nitrogens with one attached hydrogen (secondary N) is 1. The summed E-state index contributed by atoms with van der Waals surface area (Å²) in [5, 5.41) is 2.28. The van der Waals surface area contributed by atoms with Crippen molar-refractivity contribution in [2.45, 2.75) is 25.5 Å². The van der Waals surface area contributed by atoms with Crippen molar-refractivity contribution in [2.24, 2.45) is 17.6 Å². The number of hydrogen-bond acceptors (Lipinski definition) is 5. The second-order valence-electron chi connectivity index (χ2n) is 5.15. The van der Waals surface area contributed by atoms with Gasteiger partial charge in [0.05, 0.1) is 19.1 Å². The Balaban J connectivity index is 2.11. The van der Waals surface area contributed by atoms with Gasteiger partial charge < -0.3 is 20.1 Å². The molecule has 0 aromatic carbocycles. The highest BCUT2D eigenvalue weighted by Gasteiger charge is 2.54. The predicted molar refractivity (Wildman–Crippen MR) is 62.4 cm³/mol. The van der Waals surface area contributed by atoms with Gasteiger partial charge in [-0.15, -0.1) is 0 Å². The Morgan fingerprint density at radius 3 is 2.53 bits per heavy atom. The number of hydrogen-bond donors (Lipinski definition) is 2. The normalized spacial score (nSPS) is 46.9. The lowest BCUT2D eigenvalue weighted by Crippen LogP contribution is -2.39. The van der Waals surface area contributed by atoms with E-state index in [2.05, 4.69) is 5.32 Å². The molecule has 98 valence electrons. The Morgan fingerprint density at radius 1 is 1.47 bits per heavy atom. The molecule has 6 nitrogen and oxygen atoms in total. The molecule has 2 fully saturated rings. The van der Waals surface area contributed by atoms with Crippen LogP contribution in [0.5, 0.6) is 0 Å². The molecule has 0 aliphatic carbocycles. The first-order valence-corrected chi connectivity index (χ1v) is 7.34. The van der Waals surface area contributed by atoms with Gasteiger partial charge in [-0.3, -0.25) is 9.36 Å². The van der Waals surface area contributed by atoms with E-state index in [0.29, 0.717) is 26.2 Å². The van der Waals surface area contributed by atoms with Crippen LogP contribution in [-0.2, 0) is 18.4 Å². The zero-order chi connectivity index (χ0) is 12.7. The van der Waals surface area contributed by atoms with Gasteiger partial charge in [-0.2, -0.15) is 0 Å². The molecule has 2 rings (SSSR count). The number of amides is 1. The second-order valence-corrected chi connectivity index (χ2v) is 7.65. The molecular formula is C10H19N2O4P. The maximum absolute atomic E-state index is 12.6. The quantitative estimate of drug-likeness (QED) is 0.714. The number of carbonyl (C=O) groups is 1. The predicted octanol–water partition coefficient (Wildman–Crippen LogP) is 0.673. The third kappa shape index (κ3) is 2.27. The molecular weight excluding hydrogens is 243 g/mol. The Kier molecular flexibility index (Phi) is 3.34. The Morgan fingerprint density at radius 2 is 2.06 bits per heavy atom. The van der Waals surface area contributed by atoms with E-state index >= 15 is 0 Å². The van der Waals surface area contributed by atoms with Crippen LogP contribution in [0.25, 0.3) is 0 Å². The Hall–Kier alpha value is -0.420. The molecule has 0 aromatic rings.